The summed E-state index contributed by atoms with van der Waals surface area (Å²) in [5.74, 6) is -2.18. The minimum absolute atomic E-state index is 0.0959. The zero-order valence-corrected chi connectivity index (χ0v) is 66.6. The number of hydrogen-bond acceptors (Lipinski definition) is 15. The van der Waals surface area contributed by atoms with Crippen LogP contribution in [0.2, 0.25) is 0 Å². The SMILES string of the molecule is CC/C=C\C/C=C\C/C=C\C/C=C\CCCCCCCCC(=O)OCC(COP(=O)(O)OCC(O)COP(=O)(O)OCC(COC(=O)CCCCCCC/C=C\C/C=C\C/C=C\CC)OC(=O)CCCCCCCCCCCCCCCCC)OC(=O)CCCCCCCCCCCCCCC. The van der Waals surface area contributed by atoms with E-state index in [1.54, 1.807) is 0 Å². The van der Waals surface area contributed by atoms with Gasteiger partial charge in [0.1, 0.15) is 19.3 Å². The number of carbonyl (C=O) groups excluding carboxylic acids is 4. The molecule has 0 aliphatic heterocycles. The minimum atomic E-state index is -4.98. The van der Waals surface area contributed by atoms with Gasteiger partial charge in [0.25, 0.3) is 0 Å². The fourth-order valence-electron chi connectivity index (χ4n) is 11.2. The van der Waals surface area contributed by atoms with Crippen molar-refractivity contribution < 1.29 is 80.2 Å². The average molecular weight is 1480 g/mol. The third-order valence-corrected chi connectivity index (χ3v) is 19.3. The molecule has 0 aromatic rings. The summed E-state index contributed by atoms with van der Waals surface area (Å²) in [6.45, 7) is 4.69. The number of esters is 4. The van der Waals surface area contributed by atoms with Crippen LogP contribution in [-0.2, 0) is 65.4 Å². The molecule has 0 rings (SSSR count). The standard InChI is InChI=1S/C83H148O17P2/c1-5-9-13-17-21-25-29-33-36-37-38-39-42-45-48-52-56-60-64-68-81(86)94-73-78(99-82(87)69-65-61-57-53-49-43-32-28-24-20-16-12-8-4)75-97-101(89,90)95-71-77(84)72-96-102(91,92)98-76-79(100-83(88)70-66-62-58-54-50-46-41-35-31-27-23-19-15-11-7-3)74-93-80(85)67-63-59-55-51-47-44-40-34-30-26-22-18-14-10-6-2/h9-10,13-14,21-22,25-26,33-34,36,38-40,77-79,84H,5-8,11-12,15-20,23-24,27-32,35,37,41-76H2,1-4H3,(H,89,90)(H,91,92)/b13-9-,14-10-,25-21-,26-22-,36-33-,39-38-,40-34-. The Hall–Kier alpha value is -3.76. The number of hydrogen-bond donors (Lipinski definition) is 3. The van der Waals surface area contributed by atoms with Crippen molar-refractivity contribution in [2.45, 2.75) is 380 Å². The molecule has 5 unspecified atom stereocenters. The van der Waals surface area contributed by atoms with E-state index in [9.17, 15) is 43.2 Å². The van der Waals surface area contributed by atoms with Crippen molar-refractivity contribution in [1.29, 1.82) is 0 Å². The summed E-state index contributed by atoms with van der Waals surface area (Å²) < 4.78 is 68.7. The molecule has 592 valence electrons. The summed E-state index contributed by atoms with van der Waals surface area (Å²) in [5.41, 5.74) is 0. The summed E-state index contributed by atoms with van der Waals surface area (Å²) in [4.78, 5) is 73.1. The van der Waals surface area contributed by atoms with Gasteiger partial charge in [-0.2, -0.15) is 0 Å². The molecule has 0 amide bonds. The molecule has 0 bridgehead atoms. The molecular formula is C83H148O17P2. The van der Waals surface area contributed by atoms with E-state index in [2.05, 4.69) is 113 Å². The Labute approximate surface area is 621 Å². The molecule has 0 heterocycles. The van der Waals surface area contributed by atoms with E-state index in [1.165, 1.54) is 116 Å². The number of phosphoric acid groups is 2. The first-order chi connectivity index (χ1) is 49.7. The second-order valence-corrected chi connectivity index (χ2v) is 30.2. The molecule has 0 aliphatic carbocycles. The van der Waals surface area contributed by atoms with Gasteiger partial charge in [0.15, 0.2) is 12.2 Å². The number of ether oxygens (including phenoxy) is 4. The van der Waals surface area contributed by atoms with Crippen molar-refractivity contribution in [2.75, 3.05) is 39.6 Å². The van der Waals surface area contributed by atoms with Gasteiger partial charge < -0.3 is 33.8 Å². The second kappa shape index (κ2) is 75.5. The Kier molecular flexibility index (Phi) is 72.7. The maximum Gasteiger partial charge on any atom is 0.472 e. The highest BCUT2D eigenvalue weighted by molar-refractivity contribution is 7.47. The molecule has 17 nitrogen and oxygen atoms in total. The van der Waals surface area contributed by atoms with E-state index in [1.807, 2.05) is 0 Å². The lowest BCUT2D eigenvalue weighted by molar-refractivity contribution is -0.161. The van der Waals surface area contributed by atoms with Gasteiger partial charge in [-0.3, -0.25) is 37.3 Å². The highest BCUT2D eigenvalue weighted by Gasteiger charge is 2.30. The number of rotatable bonds is 77. The summed E-state index contributed by atoms with van der Waals surface area (Å²) in [6.07, 6.45) is 78.4. The lowest BCUT2D eigenvalue weighted by atomic mass is 10.0. The molecule has 0 aromatic heterocycles. The molecule has 5 atom stereocenters. The Morgan fingerprint density at radius 1 is 0.284 bits per heavy atom. The predicted octanol–water partition coefficient (Wildman–Crippen LogP) is 23.8. The number of aliphatic hydroxyl groups excluding tert-OH is 1. The normalized spacial score (nSPS) is 14.3. The summed E-state index contributed by atoms with van der Waals surface area (Å²) in [5, 5.41) is 10.6. The number of carbonyl (C=O) groups is 4. The maximum absolute atomic E-state index is 13.1. The number of phosphoric ester groups is 2. The van der Waals surface area contributed by atoms with Crippen LogP contribution in [0.1, 0.15) is 362 Å². The lowest BCUT2D eigenvalue weighted by Crippen LogP contribution is -2.30. The predicted molar refractivity (Wildman–Crippen MR) is 418 cm³/mol. The third kappa shape index (κ3) is 74.5. The largest absolute Gasteiger partial charge is 0.472 e. The molecule has 0 fully saturated rings. The van der Waals surface area contributed by atoms with Crippen LogP contribution >= 0.6 is 15.6 Å². The lowest BCUT2D eigenvalue weighted by Gasteiger charge is -2.21. The van der Waals surface area contributed by atoms with Crippen LogP contribution in [0.15, 0.2) is 85.1 Å². The number of unbranched alkanes of at least 4 members (excludes halogenated alkanes) is 37. The first-order valence-electron chi connectivity index (χ1n) is 40.8. The van der Waals surface area contributed by atoms with Crippen molar-refractivity contribution in [1.82, 2.24) is 0 Å². The van der Waals surface area contributed by atoms with Crippen LogP contribution < -0.4 is 0 Å². The smallest absolute Gasteiger partial charge is 0.462 e. The molecule has 0 saturated carbocycles. The Morgan fingerprint density at radius 3 is 0.784 bits per heavy atom. The zero-order chi connectivity index (χ0) is 74.6. The first kappa shape index (κ1) is 98.2. The van der Waals surface area contributed by atoms with Gasteiger partial charge in [-0.05, 0) is 96.3 Å². The van der Waals surface area contributed by atoms with Crippen LogP contribution in [0.5, 0.6) is 0 Å². The average Bonchev–Trinajstić information content (AvgIpc) is 0.908. The van der Waals surface area contributed by atoms with Crippen molar-refractivity contribution in [3.05, 3.63) is 85.1 Å². The monoisotopic (exact) mass is 1480 g/mol. The molecule has 0 aliphatic rings. The van der Waals surface area contributed by atoms with Crippen LogP contribution in [0.25, 0.3) is 0 Å². The van der Waals surface area contributed by atoms with Gasteiger partial charge in [-0.1, -0.05) is 325 Å². The quantitative estimate of drug-likeness (QED) is 0.0169. The van der Waals surface area contributed by atoms with Crippen molar-refractivity contribution in [2.24, 2.45) is 0 Å². The van der Waals surface area contributed by atoms with E-state index in [-0.39, 0.29) is 25.7 Å². The van der Waals surface area contributed by atoms with E-state index < -0.39 is 97.5 Å². The molecular weight excluding hydrogens is 1330 g/mol. The van der Waals surface area contributed by atoms with Gasteiger partial charge in [0.2, 0.25) is 0 Å². The molecule has 102 heavy (non-hydrogen) atoms. The van der Waals surface area contributed by atoms with Gasteiger partial charge >= 0.3 is 39.5 Å². The van der Waals surface area contributed by atoms with Crippen molar-refractivity contribution in [3.8, 4) is 0 Å². The topological polar surface area (TPSA) is 237 Å². The molecule has 19 heteroatoms. The molecule has 0 spiro atoms. The summed E-state index contributed by atoms with van der Waals surface area (Å²) in [6, 6.07) is 0. The van der Waals surface area contributed by atoms with Gasteiger partial charge in [0, 0.05) is 25.7 Å². The minimum Gasteiger partial charge on any atom is -0.462 e. The van der Waals surface area contributed by atoms with E-state index in [0.717, 1.165) is 167 Å². The van der Waals surface area contributed by atoms with Crippen LogP contribution in [-0.4, -0.2) is 96.7 Å². The second-order valence-electron chi connectivity index (χ2n) is 27.3. The van der Waals surface area contributed by atoms with Gasteiger partial charge in [0.05, 0.1) is 26.4 Å². The van der Waals surface area contributed by atoms with E-state index in [4.69, 9.17) is 37.0 Å². The molecule has 0 radical (unpaired) electrons. The summed E-state index contributed by atoms with van der Waals surface area (Å²) in [7, 11) is -9.95. The fourth-order valence-corrected chi connectivity index (χ4v) is 12.8. The maximum atomic E-state index is 13.1. The van der Waals surface area contributed by atoms with Crippen LogP contribution in [0.3, 0.4) is 0 Å². The first-order valence-corrected chi connectivity index (χ1v) is 43.8. The molecule has 0 saturated heterocycles. The van der Waals surface area contributed by atoms with Gasteiger partial charge in [-0.15, -0.1) is 0 Å². The van der Waals surface area contributed by atoms with E-state index >= 15 is 0 Å². The molecule has 0 aromatic carbocycles. The highest BCUT2D eigenvalue weighted by Crippen LogP contribution is 2.45. The molecule has 3 N–H and O–H groups in total. The Morgan fingerprint density at radius 2 is 0.510 bits per heavy atom. The number of allylic oxidation sites excluding steroid dienone is 14. The summed E-state index contributed by atoms with van der Waals surface area (Å²) >= 11 is 0. The Balaban J connectivity index is 5.33. The van der Waals surface area contributed by atoms with Crippen LogP contribution in [0, 0.1) is 0 Å². The van der Waals surface area contributed by atoms with Crippen molar-refractivity contribution >= 4 is 39.5 Å². The van der Waals surface area contributed by atoms with Crippen LogP contribution in [0.4, 0.5) is 0 Å². The third-order valence-electron chi connectivity index (χ3n) is 17.4. The zero-order valence-electron chi connectivity index (χ0n) is 64.8. The number of aliphatic hydroxyl groups is 1. The van der Waals surface area contributed by atoms with E-state index in [0.29, 0.717) is 25.7 Å². The van der Waals surface area contributed by atoms with Gasteiger partial charge in [-0.25, -0.2) is 9.13 Å². The Bertz CT molecular complexity index is 2260. The van der Waals surface area contributed by atoms with Crippen molar-refractivity contribution in [3.63, 3.8) is 0 Å². The highest BCUT2D eigenvalue weighted by atomic mass is 31.2. The fraction of sp³-hybridized carbons (Fsp3) is 0.783.